The predicted octanol–water partition coefficient (Wildman–Crippen LogP) is 3.15. The van der Waals surface area contributed by atoms with Gasteiger partial charge in [0.15, 0.2) is 0 Å². The summed E-state index contributed by atoms with van der Waals surface area (Å²) < 4.78 is 27.5. The monoisotopic (exact) mass is 372 g/mol. The Morgan fingerprint density at radius 2 is 1.69 bits per heavy atom. The number of rotatable bonds is 6. The summed E-state index contributed by atoms with van der Waals surface area (Å²) in [6.07, 6.45) is 4.32. The molecule has 2 aromatic carbocycles. The fourth-order valence-corrected chi connectivity index (χ4v) is 4.20. The van der Waals surface area contributed by atoms with E-state index in [2.05, 4.69) is 10.0 Å². The molecule has 0 unspecified atom stereocenters. The smallest absolute Gasteiger partial charge is 0.251 e. The third-order valence-corrected chi connectivity index (χ3v) is 6.25. The van der Waals surface area contributed by atoms with Gasteiger partial charge in [-0.05, 0) is 55.2 Å². The van der Waals surface area contributed by atoms with Crippen molar-refractivity contribution in [3.63, 3.8) is 0 Å². The quantitative estimate of drug-likeness (QED) is 0.818. The lowest BCUT2D eigenvalue weighted by Crippen LogP contribution is -2.32. The third kappa shape index (κ3) is 4.51. The highest BCUT2D eigenvalue weighted by molar-refractivity contribution is 7.89. The summed E-state index contributed by atoms with van der Waals surface area (Å²) in [7, 11) is -3.62. The van der Waals surface area contributed by atoms with Crippen LogP contribution < -0.4 is 10.0 Å². The number of benzene rings is 2. The summed E-state index contributed by atoms with van der Waals surface area (Å²) in [5.74, 6) is -0.145. The normalized spacial score (nSPS) is 15.1. The molecule has 0 saturated heterocycles. The van der Waals surface area contributed by atoms with Crippen molar-refractivity contribution in [3.05, 3.63) is 65.2 Å². The molecule has 0 aliphatic heterocycles. The van der Waals surface area contributed by atoms with E-state index in [-0.39, 0.29) is 23.4 Å². The van der Waals surface area contributed by atoms with Crippen molar-refractivity contribution >= 4 is 15.9 Å². The molecular formula is C20H24N2O3S. The van der Waals surface area contributed by atoms with E-state index in [1.54, 1.807) is 12.1 Å². The molecule has 5 nitrogen and oxygen atoms in total. The average Bonchev–Trinajstić information content (AvgIpc) is 3.14. The first-order valence-electron chi connectivity index (χ1n) is 8.91. The minimum Gasteiger partial charge on any atom is -0.349 e. The van der Waals surface area contributed by atoms with E-state index in [1.807, 2.05) is 31.2 Å². The van der Waals surface area contributed by atoms with Gasteiger partial charge >= 0.3 is 0 Å². The van der Waals surface area contributed by atoms with Crippen LogP contribution in [0.2, 0.25) is 0 Å². The zero-order valence-corrected chi connectivity index (χ0v) is 15.7. The minimum absolute atomic E-state index is 0.145. The summed E-state index contributed by atoms with van der Waals surface area (Å²) >= 11 is 0. The lowest BCUT2D eigenvalue weighted by Gasteiger charge is -2.12. The van der Waals surface area contributed by atoms with Crippen molar-refractivity contribution in [2.24, 2.45) is 0 Å². The lowest BCUT2D eigenvalue weighted by atomic mass is 10.1. The molecule has 26 heavy (non-hydrogen) atoms. The number of carbonyl (C=O) groups is 1. The highest BCUT2D eigenvalue weighted by Gasteiger charge is 2.19. The molecule has 0 heterocycles. The van der Waals surface area contributed by atoms with Gasteiger partial charge in [0.05, 0.1) is 4.90 Å². The Bertz CT molecular complexity index is 870. The zero-order chi connectivity index (χ0) is 18.6. The van der Waals surface area contributed by atoms with Gasteiger partial charge in [0, 0.05) is 18.2 Å². The fraction of sp³-hybridized carbons (Fsp3) is 0.350. The van der Waals surface area contributed by atoms with Gasteiger partial charge in [0.1, 0.15) is 0 Å². The molecule has 0 bridgehead atoms. The van der Waals surface area contributed by atoms with Crippen LogP contribution in [0.4, 0.5) is 0 Å². The van der Waals surface area contributed by atoms with E-state index in [1.165, 1.54) is 12.1 Å². The van der Waals surface area contributed by atoms with E-state index < -0.39 is 10.0 Å². The number of carbonyl (C=O) groups excluding carboxylic acids is 1. The SMILES string of the molecule is Cc1ccccc1CNS(=O)(=O)c1ccc(C(=O)NC2CCCC2)cc1. The van der Waals surface area contributed by atoms with E-state index in [0.717, 1.165) is 36.8 Å². The summed E-state index contributed by atoms with van der Waals surface area (Å²) in [6, 6.07) is 14.0. The summed E-state index contributed by atoms with van der Waals surface area (Å²) in [6.45, 7) is 2.18. The van der Waals surface area contributed by atoms with E-state index in [4.69, 9.17) is 0 Å². The van der Waals surface area contributed by atoms with Crippen molar-refractivity contribution < 1.29 is 13.2 Å². The number of aryl methyl sites for hydroxylation is 1. The molecular weight excluding hydrogens is 348 g/mol. The lowest BCUT2D eigenvalue weighted by molar-refractivity contribution is 0.0938. The molecule has 1 aliphatic carbocycles. The Hall–Kier alpha value is -2.18. The average molecular weight is 372 g/mol. The standard InChI is InChI=1S/C20H24N2O3S/c1-15-6-2-3-7-17(15)14-21-26(24,25)19-12-10-16(11-13-19)20(23)22-18-8-4-5-9-18/h2-3,6-7,10-13,18,21H,4-5,8-9,14H2,1H3,(H,22,23). The van der Waals surface area contributed by atoms with Crippen molar-refractivity contribution in [2.45, 2.75) is 50.1 Å². The van der Waals surface area contributed by atoms with Gasteiger partial charge in [-0.2, -0.15) is 0 Å². The second-order valence-corrected chi connectivity index (χ2v) is 8.50. The van der Waals surface area contributed by atoms with Crippen molar-refractivity contribution in [3.8, 4) is 0 Å². The maximum Gasteiger partial charge on any atom is 0.251 e. The first-order chi connectivity index (χ1) is 12.5. The van der Waals surface area contributed by atoms with Gasteiger partial charge in [-0.3, -0.25) is 4.79 Å². The van der Waals surface area contributed by atoms with Crippen molar-refractivity contribution in [1.82, 2.24) is 10.0 Å². The molecule has 1 amide bonds. The Labute approximate surface area is 154 Å². The van der Waals surface area contributed by atoms with Crippen LogP contribution in [0.25, 0.3) is 0 Å². The number of sulfonamides is 1. The minimum atomic E-state index is -3.62. The molecule has 0 radical (unpaired) electrons. The van der Waals surface area contributed by atoms with Gasteiger partial charge in [-0.15, -0.1) is 0 Å². The molecule has 1 aliphatic rings. The van der Waals surface area contributed by atoms with E-state index in [9.17, 15) is 13.2 Å². The number of nitrogens with one attached hydrogen (secondary N) is 2. The second-order valence-electron chi connectivity index (χ2n) is 6.73. The largest absolute Gasteiger partial charge is 0.349 e. The van der Waals surface area contributed by atoms with Crippen LogP contribution in [0, 0.1) is 6.92 Å². The predicted molar refractivity (Wildman–Crippen MR) is 101 cm³/mol. The summed E-state index contributed by atoms with van der Waals surface area (Å²) in [4.78, 5) is 12.4. The van der Waals surface area contributed by atoms with Gasteiger partial charge in [0.2, 0.25) is 10.0 Å². The molecule has 0 atom stereocenters. The maximum absolute atomic E-state index is 12.5. The van der Waals surface area contributed by atoms with Crippen LogP contribution in [0.3, 0.4) is 0 Å². The number of hydrogen-bond donors (Lipinski definition) is 2. The molecule has 0 spiro atoms. The van der Waals surface area contributed by atoms with E-state index >= 15 is 0 Å². The third-order valence-electron chi connectivity index (χ3n) is 4.83. The molecule has 3 rings (SSSR count). The van der Waals surface area contributed by atoms with Crippen LogP contribution in [-0.2, 0) is 16.6 Å². The first-order valence-corrected chi connectivity index (χ1v) is 10.4. The van der Waals surface area contributed by atoms with Crippen LogP contribution in [0.1, 0.15) is 47.2 Å². The van der Waals surface area contributed by atoms with Gasteiger partial charge in [-0.25, -0.2) is 13.1 Å². The van der Waals surface area contributed by atoms with Crippen LogP contribution >= 0.6 is 0 Å². The summed E-state index contributed by atoms with van der Waals surface area (Å²) in [5, 5.41) is 3.00. The fourth-order valence-electron chi connectivity index (χ4n) is 3.19. The zero-order valence-electron chi connectivity index (χ0n) is 14.9. The Morgan fingerprint density at radius 3 is 2.35 bits per heavy atom. The van der Waals surface area contributed by atoms with E-state index in [0.29, 0.717) is 5.56 Å². The topological polar surface area (TPSA) is 75.3 Å². The first kappa shape index (κ1) is 18.6. The Morgan fingerprint density at radius 1 is 1.04 bits per heavy atom. The van der Waals surface area contributed by atoms with Crippen LogP contribution in [0.15, 0.2) is 53.4 Å². The van der Waals surface area contributed by atoms with Crippen LogP contribution in [0.5, 0.6) is 0 Å². The van der Waals surface area contributed by atoms with Crippen molar-refractivity contribution in [1.29, 1.82) is 0 Å². The Balaban J connectivity index is 1.64. The molecule has 1 fully saturated rings. The second kappa shape index (κ2) is 8.01. The Kier molecular flexibility index (Phi) is 5.74. The number of hydrogen-bond acceptors (Lipinski definition) is 3. The molecule has 6 heteroatoms. The summed E-state index contributed by atoms with van der Waals surface area (Å²) in [5.41, 5.74) is 2.45. The van der Waals surface area contributed by atoms with Crippen molar-refractivity contribution in [2.75, 3.05) is 0 Å². The van der Waals surface area contributed by atoms with Crippen LogP contribution in [-0.4, -0.2) is 20.4 Å². The highest BCUT2D eigenvalue weighted by atomic mass is 32.2. The van der Waals surface area contributed by atoms with Gasteiger partial charge in [-0.1, -0.05) is 37.1 Å². The van der Waals surface area contributed by atoms with Gasteiger partial charge in [0.25, 0.3) is 5.91 Å². The van der Waals surface area contributed by atoms with Gasteiger partial charge < -0.3 is 5.32 Å². The molecule has 0 aromatic heterocycles. The number of amides is 1. The molecule has 1 saturated carbocycles. The molecule has 2 aromatic rings. The molecule has 138 valence electrons. The maximum atomic E-state index is 12.5. The molecule has 2 N–H and O–H groups in total. The highest BCUT2D eigenvalue weighted by Crippen LogP contribution is 2.18.